The van der Waals surface area contributed by atoms with Crippen LogP contribution in [0, 0.1) is 16.0 Å². The normalized spacial score (nSPS) is 22.3. The number of phenols is 1. The first kappa shape index (κ1) is 19.5. The summed E-state index contributed by atoms with van der Waals surface area (Å²) in [6.45, 7) is 0. The van der Waals surface area contributed by atoms with E-state index in [2.05, 4.69) is 4.98 Å². The van der Waals surface area contributed by atoms with Crippen LogP contribution in [0.2, 0.25) is 0 Å². The second-order valence-corrected chi connectivity index (χ2v) is 9.29. The Kier molecular flexibility index (Phi) is 4.45. The third kappa shape index (κ3) is 3.04. The van der Waals surface area contributed by atoms with Gasteiger partial charge >= 0.3 is 4.87 Å². The molecule has 31 heavy (non-hydrogen) atoms. The van der Waals surface area contributed by atoms with Crippen LogP contribution in [0.3, 0.4) is 0 Å². The van der Waals surface area contributed by atoms with Crippen LogP contribution < -0.4 is 9.77 Å². The van der Waals surface area contributed by atoms with Gasteiger partial charge in [-0.1, -0.05) is 35.2 Å². The standard InChI is InChI=1S/C20H13N3O6S2/c24-12-7-1-9(2-8-12)13-14-16(30-17-15(13)31-20(27)21-17)19(26)22(18(14)25)10-3-5-11(6-4-10)23(28)29/h1-8,13-14,16,24H,(H,21,27). The van der Waals surface area contributed by atoms with Crippen LogP contribution in [0.4, 0.5) is 11.4 Å². The minimum Gasteiger partial charge on any atom is -0.508 e. The number of thiazole rings is 1. The maximum absolute atomic E-state index is 13.5. The molecule has 5 rings (SSSR count). The van der Waals surface area contributed by atoms with Gasteiger partial charge in [0.1, 0.15) is 11.0 Å². The van der Waals surface area contributed by atoms with Gasteiger partial charge in [-0.2, -0.15) is 0 Å². The smallest absolute Gasteiger partial charge is 0.305 e. The predicted octanol–water partition coefficient (Wildman–Crippen LogP) is 2.85. The number of carbonyl (C=O) groups is 2. The third-order valence-electron chi connectivity index (χ3n) is 5.39. The SMILES string of the molecule is O=C1C2Sc3[nH]c(=O)sc3C(c3ccc(O)cc3)C2C(=O)N1c1ccc([N+](=O)[O-])cc1. The number of nitro benzene ring substituents is 1. The molecule has 3 heterocycles. The number of anilines is 1. The summed E-state index contributed by atoms with van der Waals surface area (Å²) in [6.07, 6.45) is 0. The molecule has 3 atom stereocenters. The second kappa shape index (κ2) is 7.06. The highest BCUT2D eigenvalue weighted by atomic mass is 32.2. The lowest BCUT2D eigenvalue weighted by atomic mass is 9.83. The molecule has 1 aromatic heterocycles. The van der Waals surface area contributed by atoms with Gasteiger partial charge in [-0.25, -0.2) is 4.90 Å². The number of H-pyrrole nitrogens is 1. The Bertz CT molecular complexity index is 1280. The lowest BCUT2D eigenvalue weighted by Crippen LogP contribution is -2.32. The number of thioether (sulfide) groups is 1. The van der Waals surface area contributed by atoms with Crippen molar-refractivity contribution in [2.24, 2.45) is 5.92 Å². The predicted molar refractivity (Wildman–Crippen MR) is 114 cm³/mol. The van der Waals surface area contributed by atoms with E-state index in [0.29, 0.717) is 15.5 Å². The van der Waals surface area contributed by atoms with Crippen LogP contribution in [0.1, 0.15) is 16.4 Å². The number of aromatic hydroxyl groups is 1. The van der Waals surface area contributed by atoms with E-state index in [1.54, 1.807) is 12.1 Å². The summed E-state index contributed by atoms with van der Waals surface area (Å²) < 4.78 is 0. The topological polar surface area (TPSA) is 134 Å². The zero-order valence-electron chi connectivity index (χ0n) is 15.6. The summed E-state index contributed by atoms with van der Waals surface area (Å²) in [5.74, 6) is -2.09. The minimum absolute atomic E-state index is 0.0642. The Hall–Kier alpha value is -3.44. The molecule has 3 aromatic rings. The number of carbonyl (C=O) groups excluding carboxylic acids is 2. The monoisotopic (exact) mass is 455 g/mol. The fraction of sp³-hybridized carbons (Fsp3) is 0.150. The van der Waals surface area contributed by atoms with Crippen LogP contribution in [-0.4, -0.2) is 32.1 Å². The number of rotatable bonds is 3. The summed E-state index contributed by atoms with van der Waals surface area (Å²) in [7, 11) is 0. The van der Waals surface area contributed by atoms with E-state index in [1.807, 2.05) is 0 Å². The first-order valence-corrected chi connectivity index (χ1v) is 10.9. The number of benzene rings is 2. The average Bonchev–Trinajstić information content (AvgIpc) is 3.23. The lowest BCUT2D eigenvalue weighted by molar-refractivity contribution is -0.384. The first-order valence-electron chi connectivity index (χ1n) is 9.16. The number of amides is 2. The summed E-state index contributed by atoms with van der Waals surface area (Å²) in [5.41, 5.74) is 0.824. The maximum Gasteiger partial charge on any atom is 0.305 e. The molecule has 0 bridgehead atoms. The first-order chi connectivity index (χ1) is 14.8. The van der Waals surface area contributed by atoms with Crippen LogP contribution in [0.25, 0.3) is 0 Å². The van der Waals surface area contributed by atoms with Crippen molar-refractivity contribution in [1.82, 2.24) is 4.98 Å². The zero-order chi connectivity index (χ0) is 21.9. The van der Waals surface area contributed by atoms with Crippen molar-refractivity contribution in [3.63, 3.8) is 0 Å². The van der Waals surface area contributed by atoms with Gasteiger partial charge in [0.05, 0.1) is 21.6 Å². The molecule has 2 aromatic carbocycles. The number of aromatic nitrogens is 1. The average molecular weight is 455 g/mol. The van der Waals surface area contributed by atoms with Crippen molar-refractivity contribution in [3.8, 4) is 5.75 Å². The summed E-state index contributed by atoms with van der Waals surface area (Å²) in [4.78, 5) is 53.3. The number of nitrogens with one attached hydrogen (secondary N) is 1. The van der Waals surface area contributed by atoms with E-state index in [0.717, 1.165) is 28.0 Å². The zero-order valence-corrected chi connectivity index (χ0v) is 17.2. The molecular formula is C20H13N3O6S2. The lowest BCUT2D eigenvalue weighted by Gasteiger charge is -2.29. The molecule has 0 spiro atoms. The molecule has 0 aliphatic carbocycles. The largest absolute Gasteiger partial charge is 0.508 e. The Balaban J connectivity index is 1.60. The Morgan fingerprint density at radius 1 is 1.00 bits per heavy atom. The number of nitro groups is 1. The van der Waals surface area contributed by atoms with Crippen molar-refractivity contribution in [2.75, 3.05) is 4.90 Å². The fourth-order valence-electron chi connectivity index (χ4n) is 4.04. The highest BCUT2D eigenvalue weighted by molar-refractivity contribution is 8.00. The van der Waals surface area contributed by atoms with E-state index in [1.165, 1.54) is 36.4 Å². The van der Waals surface area contributed by atoms with Crippen molar-refractivity contribution in [3.05, 3.63) is 78.8 Å². The Morgan fingerprint density at radius 3 is 2.32 bits per heavy atom. The van der Waals surface area contributed by atoms with Gasteiger partial charge in [0, 0.05) is 22.9 Å². The summed E-state index contributed by atoms with van der Waals surface area (Å²) in [5, 5.41) is 20.4. The maximum atomic E-state index is 13.5. The molecule has 2 amide bonds. The molecule has 2 aliphatic rings. The van der Waals surface area contributed by atoms with Crippen molar-refractivity contribution >= 4 is 46.3 Å². The Labute approximate surface area is 182 Å². The number of phenolic OH excluding ortho intramolecular Hbond substituents is 1. The van der Waals surface area contributed by atoms with Gasteiger partial charge < -0.3 is 10.1 Å². The van der Waals surface area contributed by atoms with Crippen LogP contribution in [0.5, 0.6) is 5.75 Å². The van der Waals surface area contributed by atoms with Crippen LogP contribution >= 0.6 is 23.1 Å². The van der Waals surface area contributed by atoms with E-state index >= 15 is 0 Å². The number of imide groups is 1. The molecule has 11 heteroatoms. The molecule has 2 N–H and O–H groups in total. The second-order valence-electron chi connectivity index (χ2n) is 7.13. The molecule has 2 aliphatic heterocycles. The molecule has 1 saturated heterocycles. The van der Waals surface area contributed by atoms with Gasteiger partial charge in [0.2, 0.25) is 11.8 Å². The molecule has 1 fully saturated rings. The summed E-state index contributed by atoms with van der Waals surface area (Å²) >= 11 is 2.15. The van der Waals surface area contributed by atoms with Gasteiger partial charge in [-0.05, 0) is 29.8 Å². The molecule has 0 radical (unpaired) electrons. The van der Waals surface area contributed by atoms with Crippen LogP contribution in [-0.2, 0) is 9.59 Å². The fourth-order valence-corrected chi connectivity index (χ4v) is 6.55. The van der Waals surface area contributed by atoms with Gasteiger partial charge in [0.15, 0.2) is 0 Å². The van der Waals surface area contributed by atoms with Crippen molar-refractivity contribution in [1.29, 1.82) is 0 Å². The highest BCUT2D eigenvalue weighted by Gasteiger charge is 2.56. The number of aromatic amines is 1. The summed E-state index contributed by atoms with van der Waals surface area (Å²) in [6, 6.07) is 11.6. The number of fused-ring (bicyclic) bond motifs is 2. The van der Waals surface area contributed by atoms with E-state index < -0.39 is 33.8 Å². The Morgan fingerprint density at radius 2 is 1.68 bits per heavy atom. The van der Waals surface area contributed by atoms with E-state index in [9.17, 15) is 29.6 Å². The number of hydrogen-bond donors (Lipinski definition) is 2. The molecular weight excluding hydrogens is 442 g/mol. The van der Waals surface area contributed by atoms with Crippen molar-refractivity contribution < 1.29 is 19.6 Å². The number of nitrogens with zero attached hydrogens (tertiary/aromatic N) is 2. The quantitative estimate of drug-likeness (QED) is 0.352. The van der Waals surface area contributed by atoms with Crippen molar-refractivity contribution in [2.45, 2.75) is 16.2 Å². The van der Waals surface area contributed by atoms with Gasteiger partial charge in [0.25, 0.3) is 5.69 Å². The third-order valence-corrected chi connectivity index (χ3v) is 7.80. The number of hydrogen-bond acceptors (Lipinski definition) is 8. The molecule has 0 saturated carbocycles. The highest BCUT2D eigenvalue weighted by Crippen LogP contribution is 2.53. The van der Waals surface area contributed by atoms with E-state index in [-0.39, 0.29) is 22.0 Å². The van der Waals surface area contributed by atoms with Gasteiger partial charge in [-0.15, -0.1) is 0 Å². The van der Waals surface area contributed by atoms with Gasteiger partial charge in [-0.3, -0.25) is 24.5 Å². The molecule has 9 nitrogen and oxygen atoms in total. The number of non-ortho nitro benzene ring substituents is 1. The minimum atomic E-state index is -0.754. The molecule has 3 unspecified atom stereocenters. The van der Waals surface area contributed by atoms with Crippen LogP contribution in [0.15, 0.2) is 58.4 Å². The van der Waals surface area contributed by atoms with E-state index in [4.69, 9.17) is 0 Å². The molecule has 156 valence electrons.